The summed E-state index contributed by atoms with van der Waals surface area (Å²) in [6.07, 6.45) is 4.21. The summed E-state index contributed by atoms with van der Waals surface area (Å²) in [5, 5.41) is 0. The molecule has 0 aromatic heterocycles. The zero-order chi connectivity index (χ0) is 19.1. The first kappa shape index (κ1) is 21.8. The van der Waals surface area contributed by atoms with E-state index in [1.165, 1.54) is 0 Å². The Hall–Kier alpha value is -1.26. The van der Waals surface area contributed by atoms with Crippen LogP contribution in [0.2, 0.25) is 0 Å². The van der Waals surface area contributed by atoms with Gasteiger partial charge in [0.15, 0.2) is 0 Å². The summed E-state index contributed by atoms with van der Waals surface area (Å²) in [4.78, 5) is 25.4. The van der Waals surface area contributed by atoms with Gasteiger partial charge in [0.1, 0.15) is 0 Å². The van der Waals surface area contributed by atoms with Crippen LogP contribution >= 0.6 is 0 Å². The van der Waals surface area contributed by atoms with Crippen molar-refractivity contribution in [3.63, 3.8) is 0 Å². The molecule has 1 fully saturated rings. The van der Waals surface area contributed by atoms with Crippen molar-refractivity contribution >= 4 is 12.1 Å². The van der Waals surface area contributed by atoms with E-state index in [1.807, 2.05) is 32.6 Å². The van der Waals surface area contributed by atoms with Crippen LogP contribution in [0, 0.1) is 16.7 Å². The summed E-state index contributed by atoms with van der Waals surface area (Å²) in [6.45, 7) is 15.0. The Morgan fingerprint density at radius 2 is 1.64 bits per heavy atom. The average molecular weight is 356 g/mol. The molecule has 0 spiro atoms. The Kier molecular flexibility index (Phi) is 8.23. The first-order valence-corrected chi connectivity index (χ1v) is 9.62. The van der Waals surface area contributed by atoms with Crippen LogP contribution in [0.4, 0.5) is 4.79 Å². The van der Waals surface area contributed by atoms with E-state index in [-0.39, 0.29) is 22.9 Å². The second-order valence-electron chi connectivity index (χ2n) is 9.01. The van der Waals surface area contributed by atoms with Crippen molar-refractivity contribution in [2.24, 2.45) is 16.7 Å². The van der Waals surface area contributed by atoms with Gasteiger partial charge in [-0.3, -0.25) is 4.79 Å². The molecule has 1 aliphatic heterocycles. The number of amides is 1. The maximum atomic E-state index is 11.8. The van der Waals surface area contributed by atoms with Gasteiger partial charge in [0.25, 0.3) is 0 Å². The second-order valence-corrected chi connectivity index (χ2v) is 9.01. The molecule has 25 heavy (non-hydrogen) atoms. The number of piperidine rings is 1. The van der Waals surface area contributed by atoms with Crippen LogP contribution in [-0.4, -0.2) is 43.3 Å². The molecule has 1 saturated heterocycles. The highest BCUT2D eigenvalue weighted by molar-refractivity contribution is 5.70. The van der Waals surface area contributed by atoms with Gasteiger partial charge < -0.3 is 14.4 Å². The van der Waals surface area contributed by atoms with Crippen molar-refractivity contribution < 1.29 is 19.1 Å². The number of ether oxygens (including phenoxy) is 2. The molecule has 1 heterocycles. The van der Waals surface area contributed by atoms with Gasteiger partial charge in [-0.1, -0.05) is 34.6 Å². The fourth-order valence-electron chi connectivity index (χ4n) is 3.46. The highest BCUT2D eigenvalue weighted by Gasteiger charge is 2.33. The lowest BCUT2D eigenvalue weighted by atomic mass is 9.71. The van der Waals surface area contributed by atoms with Gasteiger partial charge in [-0.2, -0.15) is 0 Å². The Balaban J connectivity index is 2.30. The van der Waals surface area contributed by atoms with Gasteiger partial charge >= 0.3 is 12.1 Å². The zero-order valence-corrected chi connectivity index (χ0v) is 17.0. The van der Waals surface area contributed by atoms with E-state index in [4.69, 9.17) is 9.47 Å². The molecule has 0 radical (unpaired) electrons. The predicted octanol–water partition coefficient (Wildman–Crippen LogP) is 4.64. The van der Waals surface area contributed by atoms with Crippen LogP contribution in [0.25, 0.3) is 0 Å². The van der Waals surface area contributed by atoms with Crippen molar-refractivity contribution in [2.75, 3.05) is 26.3 Å². The average Bonchev–Trinajstić information content (AvgIpc) is 2.50. The number of nitrogens with zero attached hydrogens (tertiary/aromatic N) is 1. The summed E-state index contributed by atoms with van der Waals surface area (Å²) in [5.41, 5.74) is 0.167. The normalized spacial score (nSPS) is 16.6. The molecule has 0 atom stereocenters. The van der Waals surface area contributed by atoms with Crippen molar-refractivity contribution in [2.45, 2.75) is 73.6 Å². The molecular formula is C20H37NO4. The Bertz CT molecular complexity index is 431. The monoisotopic (exact) mass is 355 g/mol. The van der Waals surface area contributed by atoms with Crippen LogP contribution in [0.3, 0.4) is 0 Å². The fraction of sp³-hybridized carbons (Fsp3) is 0.900. The van der Waals surface area contributed by atoms with Crippen LogP contribution in [0.1, 0.15) is 73.6 Å². The lowest BCUT2D eigenvalue weighted by molar-refractivity contribution is -0.146. The van der Waals surface area contributed by atoms with E-state index in [9.17, 15) is 9.59 Å². The van der Waals surface area contributed by atoms with Gasteiger partial charge in [-0.25, -0.2) is 4.79 Å². The molecule has 146 valence electrons. The van der Waals surface area contributed by atoms with Crippen LogP contribution in [0.15, 0.2) is 0 Å². The third kappa shape index (κ3) is 8.10. The summed E-state index contributed by atoms with van der Waals surface area (Å²) in [5.74, 6) is 0.483. The fourth-order valence-corrected chi connectivity index (χ4v) is 3.46. The van der Waals surface area contributed by atoms with Crippen LogP contribution in [-0.2, 0) is 14.3 Å². The second kappa shape index (κ2) is 9.44. The number of esters is 1. The lowest BCUT2D eigenvalue weighted by Crippen LogP contribution is -2.42. The third-order valence-electron chi connectivity index (χ3n) is 5.03. The van der Waals surface area contributed by atoms with Crippen LogP contribution < -0.4 is 0 Å². The maximum absolute atomic E-state index is 11.8. The Morgan fingerprint density at radius 3 is 2.16 bits per heavy atom. The van der Waals surface area contributed by atoms with E-state index in [1.54, 1.807) is 0 Å². The molecule has 0 aromatic carbocycles. The summed E-state index contributed by atoms with van der Waals surface area (Å²) in [7, 11) is 0. The standard InChI is InChI=1S/C20H37NO4/c1-7-24-18(23)21-12-9-16(10-13-21)20(5,6)11-8-14-25-17(22)15-19(2,3)4/h16H,7-15H2,1-6H3. The molecule has 0 N–H and O–H groups in total. The van der Waals surface area contributed by atoms with E-state index < -0.39 is 0 Å². The lowest BCUT2D eigenvalue weighted by Gasteiger charge is -2.40. The van der Waals surface area contributed by atoms with E-state index >= 15 is 0 Å². The number of likely N-dealkylation sites (tertiary alicyclic amines) is 1. The number of hydrogen-bond donors (Lipinski definition) is 0. The summed E-state index contributed by atoms with van der Waals surface area (Å²) >= 11 is 0. The third-order valence-corrected chi connectivity index (χ3v) is 5.03. The topological polar surface area (TPSA) is 55.8 Å². The quantitative estimate of drug-likeness (QED) is 0.493. The molecule has 0 aromatic rings. The molecule has 1 amide bonds. The van der Waals surface area contributed by atoms with Crippen molar-refractivity contribution in [3.8, 4) is 0 Å². The predicted molar refractivity (Wildman–Crippen MR) is 99.4 cm³/mol. The molecule has 0 bridgehead atoms. The number of carbonyl (C=O) groups excluding carboxylic acids is 2. The molecule has 5 nitrogen and oxygen atoms in total. The van der Waals surface area contributed by atoms with Crippen molar-refractivity contribution in [1.29, 1.82) is 0 Å². The highest BCUT2D eigenvalue weighted by atomic mass is 16.6. The molecule has 0 aliphatic carbocycles. The van der Waals surface area contributed by atoms with Crippen molar-refractivity contribution in [3.05, 3.63) is 0 Å². The largest absolute Gasteiger partial charge is 0.466 e. The molecule has 5 heteroatoms. The van der Waals surface area contributed by atoms with Crippen molar-refractivity contribution in [1.82, 2.24) is 4.90 Å². The molecule has 1 rings (SSSR count). The number of hydrogen-bond acceptors (Lipinski definition) is 4. The van der Waals surface area contributed by atoms with Gasteiger partial charge in [0.05, 0.1) is 19.6 Å². The summed E-state index contributed by atoms with van der Waals surface area (Å²) in [6, 6.07) is 0. The molecule has 1 aliphatic rings. The van der Waals surface area contributed by atoms with E-state index in [0.717, 1.165) is 38.8 Å². The maximum Gasteiger partial charge on any atom is 0.409 e. The van der Waals surface area contributed by atoms with Gasteiger partial charge in [-0.15, -0.1) is 0 Å². The van der Waals surface area contributed by atoms with E-state index in [2.05, 4.69) is 13.8 Å². The Morgan fingerprint density at radius 1 is 1.04 bits per heavy atom. The minimum atomic E-state index is -0.190. The SMILES string of the molecule is CCOC(=O)N1CCC(C(C)(C)CCCOC(=O)CC(C)(C)C)CC1. The number of carbonyl (C=O) groups is 2. The van der Waals surface area contributed by atoms with Gasteiger partial charge in [0.2, 0.25) is 0 Å². The highest BCUT2D eigenvalue weighted by Crippen LogP contribution is 2.38. The van der Waals surface area contributed by atoms with E-state index in [0.29, 0.717) is 25.6 Å². The summed E-state index contributed by atoms with van der Waals surface area (Å²) < 4.78 is 10.4. The zero-order valence-electron chi connectivity index (χ0n) is 17.0. The van der Waals surface area contributed by atoms with Gasteiger partial charge in [-0.05, 0) is 49.4 Å². The molecule has 0 unspecified atom stereocenters. The Labute approximate surface area is 153 Å². The van der Waals surface area contributed by atoms with Gasteiger partial charge in [0, 0.05) is 13.1 Å². The molecule has 0 saturated carbocycles. The minimum absolute atomic E-state index is 0.0246. The smallest absolute Gasteiger partial charge is 0.409 e. The van der Waals surface area contributed by atoms with Crippen LogP contribution in [0.5, 0.6) is 0 Å². The minimum Gasteiger partial charge on any atom is -0.466 e. The first-order chi connectivity index (χ1) is 11.5. The first-order valence-electron chi connectivity index (χ1n) is 9.62. The molecular weight excluding hydrogens is 318 g/mol. The number of rotatable bonds is 7.